The topological polar surface area (TPSA) is 24.9 Å². The maximum Gasteiger partial charge on any atom is 0.144 e. The van der Waals surface area contributed by atoms with Crippen LogP contribution < -0.4 is 5.32 Å². The van der Waals surface area contributed by atoms with E-state index in [0.717, 1.165) is 33.3 Å². The largest absolute Gasteiger partial charge is 0.339 e. The first-order valence-corrected chi connectivity index (χ1v) is 8.04. The van der Waals surface area contributed by atoms with Gasteiger partial charge in [0.15, 0.2) is 0 Å². The van der Waals surface area contributed by atoms with Crippen molar-refractivity contribution in [1.29, 1.82) is 0 Å². The molecule has 0 aliphatic rings. The summed E-state index contributed by atoms with van der Waals surface area (Å²) in [4.78, 5) is 4.34. The molecule has 0 atom stereocenters. The lowest BCUT2D eigenvalue weighted by Crippen LogP contribution is -1.96. The van der Waals surface area contributed by atoms with Gasteiger partial charge >= 0.3 is 0 Å². The van der Waals surface area contributed by atoms with Crippen LogP contribution in [0, 0.1) is 0 Å². The van der Waals surface area contributed by atoms with Gasteiger partial charge in [-0.15, -0.1) is 11.6 Å². The molecule has 0 aliphatic carbocycles. The van der Waals surface area contributed by atoms with Gasteiger partial charge in [-0.25, -0.2) is 4.98 Å². The van der Waals surface area contributed by atoms with Crippen molar-refractivity contribution >= 4 is 55.0 Å². The second kappa shape index (κ2) is 7.27. The van der Waals surface area contributed by atoms with E-state index >= 15 is 0 Å². The van der Waals surface area contributed by atoms with Gasteiger partial charge in [-0.2, -0.15) is 0 Å². The molecule has 1 N–H and O–H groups in total. The van der Waals surface area contributed by atoms with Crippen molar-refractivity contribution < 1.29 is 0 Å². The van der Waals surface area contributed by atoms with Crippen LogP contribution in [-0.4, -0.2) is 10.9 Å². The van der Waals surface area contributed by atoms with Gasteiger partial charge in [-0.05, 0) is 68.5 Å². The van der Waals surface area contributed by atoms with E-state index < -0.39 is 0 Å². The van der Waals surface area contributed by atoms with Crippen LogP contribution >= 0.6 is 43.5 Å². The molecule has 0 unspecified atom stereocenters. The van der Waals surface area contributed by atoms with Gasteiger partial charge < -0.3 is 5.32 Å². The molecule has 2 aromatic rings. The van der Waals surface area contributed by atoms with Crippen molar-refractivity contribution in [2.24, 2.45) is 0 Å². The molecule has 5 heteroatoms. The molecule has 0 fully saturated rings. The van der Waals surface area contributed by atoms with E-state index in [9.17, 15) is 0 Å². The normalized spacial score (nSPS) is 10.5. The fraction of sp³-hybridized carbons (Fsp3) is 0.214. The van der Waals surface area contributed by atoms with Gasteiger partial charge in [0, 0.05) is 22.2 Å². The van der Waals surface area contributed by atoms with Gasteiger partial charge in [-0.3, -0.25) is 0 Å². The summed E-state index contributed by atoms with van der Waals surface area (Å²) < 4.78 is 1.87. The molecule has 1 heterocycles. The standard InChI is InChI=1S/C14H13Br2ClN2/c15-11-8-13(16)14(18-9-11)19-12-5-1-3-10(7-12)4-2-6-17/h1,3,5,7-9H,2,4,6H2,(H,18,19). The third-order valence-corrected chi connectivity index (χ3v) is 3.90. The van der Waals surface area contributed by atoms with E-state index in [1.54, 1.807) is 6.20 Å². The first kappa shape index (κ1) is 14.8. The van der Waals surface area contributed by atoms with Crippen LogP contribution in [0.3, 0.4) is 0 Å². The van der Waals surface area contributed by atoms with Gasteiger partial charge in [-0.1, -0.05) is 12.1 Å². The summed E-state index contributed by atoms with van der Waals surface area (Å²) in [6.45, 7) is 0. The number of nitrogens with one attached hydrogen (secondary N) is 1. The van der Waals surface area contributed by atoms with E-state index in [4.69, 9.17) is 11.6 Å². The maximum atomic E-state index is 5.72. The molecular formula is C14H13Br2ClN2. The van der Waals surface area contributed by atoms with Gasteiger partial charge in [0.2, 0.25) is 0 Å². The maximum absolute atomic E-state index is 5.72. The zero-order chi connectivity index (χ0) is 13.7. The number of anilines is 2. The quantitative estimate of drug-likeness (QED) is 0.664. The van der Waals surface area contributed by atoms with Crippen LogP contribution in [0.5, 0.6) is 0 Å². The molecule has 0 spiro atoms. The third kappa shape index (κ3) is 4.48. The zero-order valence-corrected chi connectivity index (χ0v) is 14.1. The molecule has 1 aromatic carbocycles. The predicted octanol–water partition coefficient (Wildman–Crippen LogP) is 5.52. The molecule has 0 saturated carbocycles. The summed E-state index contributed by atoms with van der Waals surface area (Å²) in [5, 5.41) is 3.30. The summed E-state index contributed by atoms with van der Waals surface area (Å²) in [7, 11) is 0. The number of aromatic nitrogens is 1. The van der Waals surface area contributed by atoms with E-state index in [0.29, 0.717) is 5.88 Å². The summed E-state index contributed by atoms with van der Waals surface area (Å²) in [6, 6.07) is 10.3. The molecule has 100 valence electrons. The van der Waals surface area contributed by atoms with Crippen molar-refractivity contribution in [2.75, 3.05) is 11.2 Å². The molecule has 0 saturated heterocycles. The highest BCUT2D eigenvalue weighted by molar-refractivity contribution is 9.11. The van der Waals surface area contributed by atoms with Gasteiger partial charge in [0.05, 0.1) is 4.47 Å². The Kier molecular flexibility index (Phi) is 5.67. The Morgan fingerprint density at radius 1 is 1.21 bits per heavy atom. The van der Waals surface area contributed by atoms with Crippen molar-refractivity contribution in [3.63, 3.8) is 0 Å². The van der Waals surface area contributed by atoms with Gasteiger partial charge in [0.25, 0.3) is 0 Å². The Hall–Kier alpha value is -0.580. The molecule has 0 aliphatic heterocycles. The minimum atomic E-state index is 0.692. The molecule has 2 nitrogen and oxygen atoms in total. The van der Waals surface area contributed by atoms with E-state index in [-0.39, 0.29) is 0 Å². The van der Waals surface area contributed by atoms with Crippen molar-refractivity contribution in [3.8, 4) is 0 Å². The number of halogens is 3. The van der Waals surface area contributed by atoms with Crippen molar-refractivity contribution in [1.82, 2.24) is 4.98 Å². The number of alkyl halides is 1. The first-order chi connectivity index (χ1) is 9.19. The molecule has 0 amide bonds. The molecule has 19 heavy (non-hydrogen) atoms. The van der Waals surface area contributed by atoms with E-state index in [1.807, 2.05) is 18.2 Å². The number of hydrogen-bond acceptors (Lipinski definition) is 2. The lowest BCUT2D eigenvalue weighted by molar-refractivity contribution is 0.929. The number of aryl methyl sites for hydroxylation is 1. The average molecular weight is 405 g/mol. The van der Waals surface area contributed by atoms with Crippen LogP contribution in [0.15, 0.2) is 45.5 Å². The number of rotatable bonds is 5. The summed E-state index contributed by atoms with van der Waals surface area (Å²) in [5.41, 5.74) is 2.31. The van der Waals surface area contributed by atoms with E-state index in [1.165, 1.54) is 5.56 Å². The first-order valence-electron chi connectivity index (χ1n) is 5.92. The Labute approximate surface area is 134 Å². The van der Waals surface area contributed by atoms with Crippen molar-refractivity contribution in [3.05, 3.63) is 51.0 Å². The van der Waals surface area contributed by atoms with Crippen LogP contribution in [0.2, 0.25) is 0 Å². The fourth-order valence-corrected chi connectivity index (χ4v) is 2.94. The fourth-order valence-electron chi connectivity index (χ4n) is 1.72. The van der Waals surface area contributed by atoms with Crippen LogP contribution in [0.1, 0.15) is 12.0 Å². The lowest BCUT2D eigenvalue weighted by Gasteiger charge is -2.09. The number of nitrogens with zero attached hydrogens (tertiary/aromatic N) is 1. The molecule has 0 radical (unpaired) electrons. The minimum Gasteiger partial charge on any atom is -0.339 e. The molecule has 0 bridgehead atoms. The second-order valence-electron chi connectivity index (χ2n) is 4.10. The zero-order valence-electron chi connectivity index (χ0n) is 10.2. The molecule has 2 rings (SSSR count). The minimum absolute atomic E-state index is 0.692. The van der Waals surface area contributed by atoms with Crippen molar-refractivity contribution in [2.45, 2.75) is 12.8 Å². The Morgan fingerprint density at radius 2 is 2.05 bits per heavy atom. The lowest BCUT2D eigenvalue weighted by atomic mass is 10.1. The average Bonchev–Trinajstić information content (AvgIpc) is 2.40. The Morgan fingerprint density at radius 3 is 2.79 bits per heavy atom. The van der Waals surface area contributed by atoms with Crippen LogP contribution in [-0.2, 0) is 6.42 Å². The number of pyridine rings is 1. The van der Waals surface area contributed by atoms with E-state index in [2.05, 4.69) is 54.3 Å². The molecule has 1 aromatic heterocycles. The third-order valence-electron chi connectivity index (χ3n) is 2.60. The SMILES string of the molecule is ClCCCc1cccc(Nc2ncc(Br)cc2Br)c1. The summed E-state index contributed by atoms with van der Waals surface area (Å²) in [5.74, 6) is 1.50. The second-order valence-corrected chi connectivity index (χ2v) is 6.25. The molecular weight excluding hydrogens is 391 g/mol. The highest BCUT2D eigenvalue weighted by Gasteiger charge is 2.03. The summed E-state index contributed by atoms with van der Waals surface area (Å²) in [6.07, 6.45) is 3.75. The smallest absolute Gasteiger partial charge is 0.144 e. The predicted molar refractivity (Wildman–Crippen MR) is 88.4 cm³/mol. The van der Waals surface area contributed by atoms with Crippen LogP contribution in [0.25, 0.3) is 0 Å². The number of benzene rings is 1. The highest BCUT2D eigenvalue weighted by atomic mass is 79.9. The van der Waals surface area contributed by atoms with Gasteiger partial charge in [0.1, 0.15) is 5.82 Å². The monoisotopic (exact) mass is 402 g/mol. The Balaban J connectivity index is 2.14. The summed E-state index contributed by atoms with van der Waals surface area (Å²) >= 11 is 12.6. The highest BCUT2D eigenvalue weighted by Crippen LogP contribution is 2.26. The van der Waals surface area contributed by atoms with Crippen LogP contribution in [0.4, 0.5) is 11.5 Å². The number of hydrogen-bond donors (Lipinski definition) is 1. The Bertz CT molecular complexity index is 561.